The Bertz CT molecular complexity index is 920. The molecule has 7 heteroatoms. The minimum absolute atomic E-state index is 0.115. The lowest BCUT2D eigenvalue weighted by Gasteiger charge is -2.21. The number of hydrogen-bond donors (Lipinski definition) is 1. The van der Waals surface area contributed by atoms with Crippen molar-refractivity contribution in [1.82, 2.24) is 20.2 Å². The van der Waals surface area contributed by atoms with Crippen molar-refractivity contribution in [2.24, 2.45) is 5.92 Å². The first-order valence-corrected chi connectivity index (χ1v) is 12.1. The largest absolute Gasteiger partial charge is 0.350 e. The van der Waals surface area contributed by atoms with Crippen molar-refractivity contribution in [2.75, 3.05) is 13.1 Å². The summed E-state index contributed by atoms with van der Waals surface area (Å²) in [4.78, 5) is 26.5. The van der Waals surface area contributed by atoms with Gasteiger partial charge < -0.3 is 5.32 Å². The van der Waals surface area contributed by atoms with Crippen LogP contribution in [0.1, 0.15) is 51.2 Å². The van der Waals surface area contributed by atoms with Crippen LogP contribution in [0.15, 0.2) is 41.9 Å². The van der Waals surface area contributed by atoms with Crippen LogP contribution >= 0.6 is 22.7 Å². The number of thiophene rings is 1. The molecule has 3 aromatic heterocycles. The molecule has 3 rings (SSSR count). The molecule has 0 saturated heterocycles. The van der Waals surface area contributed by atoms with E-state index in [2.05, 4.69) is 53.1 Å². The van der Waals surface area contributed by atoms with Crippen molar-refractivity contribution in [2.45, 2.75) is 46.7 Å². The number of carbonyl (C=O) groups is 1. The predicted octanol–water partition coefficient (Wildman–Crippen LogP) is 4.93. The molecule has 0 spiro atoms. The fourth-order valence-electron chi connectivity index (χ4n) is 3.07. The summed E-state index contributed by atoms with van der Waals surface area (Å²) in [6.45, 7) is 9.94. The summed E-state index contributed by atoms with van der Waals surface area (Å²) < 4.78 is 0. The van der Waals surface area contributed by atoms with Crippen molar-refractivity contribution < 1.29 is 4.79 Å². The van der Waals surface area contributed by atoms with Gasteiger partial charge in [0.25, 0.3) is 5.91 Å². The van der Waals surface area contributed by atoms with E-state index in [9.17, 15) is 4.79 Å². The molecule has 0 aromatic carbocycles. The van der Waals surface area contributed by atoms with Crippen LogP contribution in [0.4, 0.5) is 0 Å². The highest BCUT2D eigenvalue weighted by Crippen LogP contribution is 2.20. The second-order valence-electron chi connectivity index (χ2n) is 7.86. The SMILES string of the molecule is Cc1ccc(CN(CCC(C)C)Cc2nc(C(=O)NCCc3ccccn3)cs2)s1. The highest BCUT2D eigenvalue weighted by atomic mass is 32.1. The molecule has 3 aromatic rings. The average Bonchev–Trinajstić information content (AvgIpc) is 3.36. The number of aryl methyl sites for hydroxylation is 1. The lowest BCUT2D eigenvalue weighted by atomic mass is 10.1. The molecule has 1 amide bonds. The quantitative estimate of drug-likeness (QED) is 0.457. The molecule has 0 unspecified atom stereocenters. The van der Waals surface area contributed by atoms with Crippen molar-refractivity contribution in [3.8, 4) is 0 Å². The number of thiazole rings is 1. The van der Waals surface area contributed by atoms with Gasteiger partial charge in [0.15, 0.2) is 0 Å². The minimum Gasteiger partial charge on any atom is -0.350 e. The molecule has 3 heterocycles. The van der Waals surface area contributed by atoms with Crippen LogP contribution in [0.3, 0.4) is 0 Å². The Morgan fingerprint density at radius 2 is 2.07 bits per heavy atom. The molecule has 160 valence electrons. The standard InChI is InChI=1S/C23H30N4OS2/c1-17(2)10-13-27(14-20-8-7-18(3)30-20)15-22-26-21(16-29-22)23(28)25-12-9-19-6-4-5-11-24-19/h4-8,11,16-17H,9-10,12-15H2,1-3H3,(H,25,28). The number of amides is 1. The Labute approximate surface area is 187 Å². The van der Waals surface area contributed by atoms with E-state index in [-0.39, 0.29) is 5.91 Å². The Hall–Kier alpha value is -2.09. The van der Waals surface area contributed by atoms with Gasteiger partial charge in [-0.15, -0.1) is 22.7 Å². The molecule has 1 N–H and O–H groups in total. The number of nitrogens with one attached hydrogen (secondary N) is 1. The van der Waals surface area contributed by atoms with Crippen LogP contribution in [0.2, 0.25) is 0 Å². The van der Waals surface area contributed by atoms with Gasteiger partial charge in [-0.2, -0.15) is 0 Å². The lowest BCUT2D eigenvalue weighted by molar-refractivity contribution is 0.0949. The van der Waals surface area contributed by atoms with E-state index < -0.39 is 0 Å². The fourth-order valence-corrected chi connectivity index (χ4v) is 4.81. The van der Waals surface area contributed by atoms with Crippen LogP contribution in [-0.4, -0.2) is 33.9 Å². The first-order chi connectivity index (χ1) is 14.5. The van der Waals surface area contributed by atoms with Crippen molar-refractivity contribution >= 4 is 28.6 Å². The molecule has 0 fully saturated rings. The van der Waals surface area contributed by atoms with E-state index in [1.54, 1.807) is 17.5 Å². The summed E-state index contributed by atoms with van der Waals surface area (Å²) >= 11 is 3.41. The zero-order chi connectivity index (χ0) is 21.3. The van der Waals surface area contributed by atoms with Gasteiger partial charge in [0.2, 0.25) is 0 Å². The monoisotopic (exact) mass is 442 g/mol. The minimum atomic E-state index is -0.115. The maximum absolute atomic E-state index is 12.4. The second-order valence-corrected chi connectivity index (χ2v) is 10.2. The van der Waals surface area contributed by atoms with Gasteiger partial charge in [-0.1, -0.05) is 19.9 Å². The van der Waals surface area contributed by atoms with E-state index in [0.717, 1.165) is 36.8 Å². The number of nitrogens with zero attached hydrogens (tertiary/aromatic N) is 3. The van der Waals surface area contributed by atoms with Gasteiger partial charge in [0.05, 0.1) is 6.54 Å². The molecule has 0 saturated carbocycles. The number of carbonyl (C=O) groups excluding carboxylic acids is 1. The first-order valence-electron chi connectivity index (χ1n) is 10.4. The Balaban J connectivity index is 1.54. The third-order valence-electron chi connectivity index (χ3n) is 4.73. The maximum Gasteiger partial charge on any atom is 0.270 e. The molecule has 0 aliphatic carbocycles. The fraction of sp³-hybridized carbons (Fsp3) is 0.435. The topological polar surface area (TPSA) is 58.1 Å². The summed E-state index contributed by atoms with van der Waals surface area (Å²) in [5.74, 6) is 0.547. The number of pyridine rings is 1. The van der Waals surface area contributed by atoms with E-state index in [4.69, 9.17) is 0 Å². The molecule has 5 nitrogen and oxygen atoms in total. The Morgan fingerprint density at radius 1 is 1.20 bits per heavy atom. The zero-order valence-corrected chi connectivity index (χ0v) is 19.6. The lowest BCUT2D eigenvalue weighted by Crippen LogP contribution is -2.27. The number of aromatic nitrogens is 2. The van der Waals surface area contributed by atoms with Gasteiger partial charge in [-0.3, -0.25) is 14.7 Å². The maximum atomic E-state index is 12.4. The van der Waals surface area contributed by atoms with E-state index in [1.165, 1.54) is 9.75 Å². The Kier molecular flexibility index (Phi) is 8.54. The normalized spacial score (nSPS) is 11.4. The summed E-state index contributed by atoms with van der Waals surface area (Å²) in [6.07, 6.45) is 3.63. The molecule has 30 heavy (non-hydrogen) atoms. The van der Waals surface area contributed by atoms with Gasteiger partial charge in [-0.05, 0) is 50.1 Å². The Morgan fingerprint density at radius 3 is 2.77 bits per heavy atom. The average molecular weight is 443 g/mol. The predicted molar refractivity (Wildman–Crippen MR) is 125 cm³/mol. The van der Waals surface area contributed by atoms with Crippen molar-refractivity contribution in [3.05, 3.63) is 68.1 Å². The summed E-state index contributed by atoms with van der Waals surface area (Å²) in [7, 11) is 0. The molecular formula is C23H30N4OS2. The molecular weight excluding hydrogens is 412 g/mol. The molecule has 0 atom stereocenters. The van der Waals surface area contributed by atoms with Crippen molar-refractivity contribution in [1.29, 1.82) is 0 Å². The molecule has 0 aliphatic heterocycles. The van der Waals surface area contributed by atoms with Gasteiger partial charge in [0, 0.05) is 46.5 Å². The van der Waals surface area contributed by atoms with Crippen molar-refractivity contribution in [3.63, 3.8) is 0 Å². The van der Waals surface area contributed by atoms with Gasteiger partial charge in [-0.25, -0.2) is 4.98 Å². The second kappa shape index (κ2) is 11.3. The molecule has 0 aliphatic rings. The third kappa shape index (κ3) is 7.31. The zero-order valence-electron chi connectivity index (χ0n) is 17.9. The van der Waals surface area contributed by atoms with E-state index >= 15 is 0 Å². The van der Waals surface area contributed by atoms with Crippen LogP contribution in [0.25, 0.3) is 0 Å². The summed E-state index contributed by atoms with van der Waals surface area (Å²) in [5, 5.41) is 5.80. The molecule has 0 radical (unpaired) electrons. The van der Waals surface area contributed by atoms with Gasteiger partial charge >= 0.3 is 0 Å². The molecule has 0 bridgehead atoms. The van der Waals surface area contributed by atoms with Crippen LogP contribution in [0.5, 0.6) is 0 Å². The third-order valence-corrected chi connectivity index (χ3v) is 6.55. The van der Waals surface area contributed by atoms with Crippen LogP contribution < -0.4 is 5.32 Å². The summed E-state index contributed by atoms with van der Waals surface area (Å²) in [6, 6.07) is 10.2. The summed E-state index contributed by atoms with van der Waals surface area (Å²) in [5.41, 5.74) is 1.48. The van der Waals surface area contributed by atoms with Crippen LogP contribution in [-0.2, 0) is 19.5 Å². The first kappa shape index (κ1) is 22.6. The smallest absolute Gasteiger partial charge is 0.270 e. The van der Waals surface area contributed by atoms with Crippen LogP contribution in [0, 0.1) is 12.8 Å². The van der Waals surface area contributed by atoms with E-state index in [1.807, 2.05) is 34.9 Å². The number of rotatable bonds is 11. The highest BCUT2D eigenvalue weighted by molar-refractivity contribution is 7.11. The highest BCUT2D eigenvalue weighted by Gasteiger charge is 2.15. The number of hydrogen-bond acceptors (Lipinski definition) is 6. The van der Waals surface area contributed by atoms with Gasteiger partial charge in [0.1, 0.15) is 10.7 Å². The van der Waals surface area contributed by atoms with E-state index in [0.29, 0.717) is 24.6 Å².